The first-order valence-corrected chi connectivity index (χ1v) is 5.24. The highest BCUT2D eigenvalue weighted by Gasteiger charge is 2.32. The maximum atomic E-state index is 9.36. The molecule has 0 fully saturated rings. The van der Waals surface area contributed by atoms with Crippen molar-refractivity contribution in [1.82, 2.24) is 0 Å². The minimum atomic E-state index is 0.0842. The van der Waals surface area contributed by atoms with Gasteiger partial charge in [0.1, 0.15) is 0 Å². The van der Waals surface area contributed by atoms with Crippen molar-refractivity contribution in [2.24, 2.45) is 5.41 Å². The summed E-state index contributed by atoms with van der Waals surface area (Å²) in [5.74, 6) is 0. The maximum Gasteiger partial charge on any atom is 0.0491 e. The topological polar surface area (TPSA) is 20.2 Å². The number of aryl methyl sites for hydroxylation is 2. The molecule has 2 rings (SSSR count). The lowest BCUT2D eigenvalue weighted by Crippen LogP contribution is -2.21. The van der Waals surface area contributed by atoms with Gasteiger partial charge in [-0.3, -0.25) is 0 Å². The number of aliphatic hydroxyl groups is 1. The number of aliphatic hydroxyl groups excluding tert-OH is 1. The van der Waals surface area contributed by atoms with Crippen molar-refractivity contribution in [3.8, 4) is 0 Å². The Bertz CT molecular complexity index is 368. The first kappa shape index (κ1) is 9.72. The second kappa shape index (κ2) is 3.09. The minimum Gasteiger partial charge on any atom is -0.396 e. The molecule has 0 radical (unpaired) electrons. The fraction of sp³-hybridized carbons (Fsp3) is 0.538. The van der Waals surface area contributed by atoms with E-state index in [0.29, 0.717) is 6.61 Å². The third kappa shape index (κ3) is 1.46. The fourth-order valence-electron chi connectivity index (χ4n) is 2.56. The van der Waals surface area contributed by atoms with E-state index < -0.39 is 0 Å². The summed E-state index contributed by atoms with van der Waals surface area (Å²) in [4.78, 5) is 0. The molecular formula is C13H18O. The summed E-state index contributed by atoms with van der Waals surface area (Å²) < 4.78 is 0. The fourth-order valence-corrected chi connectivity index (χ4v) is 2.56. The van der Waals surface area contributed by atoms with Gasteiger partial charge in [-0.25, -0.2) is 0 Å². The van der Waals surface area contributed by atoms with Gasteiger partial charge in [0, 0.05) is 6.61 Å². The first-order valence-electron chi connectivity index (χ1n) is 5.24. The predicted molar refractivity (Wildman–Crippen MR) is 58.5 cm³/mol. The minimum absolute atomic E-state index is 0.0842. The maximum absolute atomic E-state index is 9.36. The summed E-state index contributed by atoms with van der Waals surface area (Å²) >= 11 is 0. The molecule has 0 unspecified atom stereocenters. The van der Waals surface area contributed by atoms with Crippen LogP contribution in [0.1, 0.15) is 29.2 Å². The number of rotatable bonds is 1. The standard InChI is InChI=1S/C13H18O/c1-9-4-10(2)12-7-13(3,8-14)6-11(12)5-9/h4-5,14H,6-8H2,1-3H3/t13-/m1/s1. The number of fused-ring (bicyclic) bond motifs is 1. The third-order valence-electron chi connectivity index (χ3n) is 3.31. The second-order valence-corrected chi connectivity index (χ2v) is 5.04. The monoisotopic (exact) mass is 190 g/mol. The van der Waals surface area contributed by atoms with E-state index in [2.05, 4.69) is 32.9 Å². The smallest absolute Gasteiger partial charge is 0.0491 e. The summed E-state index contributed by atoms with van der Waals surface area (Å²) in [7, 11) is 0. The summed E-state index contributed by atoms with van der Waals surface area (Å²) in [5.41, 5.74) is 5.72. The molecule has 1 aromatic carbocycles. The zero-order valence-corrected chi connectivity index (χ0v) is 9.22. The Morgan fingerprint density at radius 1 is 1.29 bits per heavy atom. The van der Waals surface area contributed by atoms with Gasteiger partial charge in [-0.15, -0.1) is 0 Å². The molecule has 1 heteroatoms. The highest BCUT2D eigenvalue weighted by atomic mass is 16.3. The van der Waals surface area contributed by atoms with Crippen LogP contribution >= 0.6 is 0 Å². The van der Waals surface area contributed by atoms with Crippen molar-refractivity contribution < 1.29 is 5.11 Å². The molecule has 1 aliphatic rings. The Morgan fingerprint density at radius 3 is 2.64 bits per heavy atom. The van der Waals surface area contributed by atoms with Crippen LogP contribution in [0.2, 0.25) is 0 Å². The van der Waals surface area contributed by atoms with Crippen molar-refractivity contribution >= 4 is 0 Å². The van der Waals surface area contributed by atoms with Crippen molar-refractivity contribution in [2.45, 2.75) is 33.6 Å². The quantitative estimate of drug-likeness (QED) is 0.721. The van der Waals surface area contributed by atoms with E-state index >= 15 is 0 Å². The van der Waals surface area contributed by atoms with Crippen LogP contribution in [0.25, 0.3) is 0 Å². The first-order chi connectivity index (χ1) is 6.54. The van der Waals surface area contributed by atoms with Gasteiger partial charge in [0.2, 0.25) is 0 Å². The van der Waals surface area contributed by atoms with E-state index in [1.165, 1.54) is 22.3 Å². The van der Waals surface area contributed by atoms with E-state index in [0.717, 1.165) is 12.8 Å². The molecule has 1 atom stereocenters. The third-order valence-corrected chi connectivity index (χ3v) is 3.31. The van der Waals surface area contributed by atoms with E-state index in [9.17, 15) is 5.11 Å². The summed E-state index contributed by atoms with van der Waals surface area (Å²) in [5, 5.41) is 9.36. The highest BCUT2D eigenvalue weighted by Crippen LogP contribution is 2.38. The number of hydrogen-bond donors (Lipinski definition) is 1. The Balaban J connectivity index is 2.44. The molecule has 0 aliphatic heterocycles. The van der Waals surface area contributed by atoms with Crippen LogP contribution in [0, 0.1) is 19.3 Å². The van der Waals surface area contributed by atoms with Crippen molar-refractivity contribution in [2.75, 3.05) is 6.61 Å². The molecule has 0 bridgehead atoms. The van der Waals surface area contributed by atoms with Gasteiger partial charge >= 0.3 is 0 Å². The van der Waals surface area contributed by atoms with Gasteiger partial charge in [0.15, 0.2) is 0 Å². The van der Waals surface area contributed by atoms with Gasteiger partial charge in [0.25, 0.3) is 0 Å². The largest absolute Gasteiger partial charge is 0.396 e. The molecule has 14 heavy (non-hydrogen) atoms. The van der Waals surface area contributed by atoms with Crippen LogP contribution in [-0.2, 0) is 12.8 Å². The lowest BCUT2D eigenvalue weighted by molar-refractivity contribution is 0.152. The molecule has 76 valence electrons. The van der Waals surface area contributed by atoms with Crippen LogP contribution in [0.15, 0.2) is 12.1 Å². The van der Waals surface area contributed by atoms with Crippen LogP contribution in [-0.4, -0.2) is 11.7 Å². The second-order valence-electron chi connectivity index (χ2n) is 5.04. The number of hydrogen-bond acceptors (Lipinski definition) is 1. The van der Waals surface area contributed by atoms with Crippen LogP contribution in [0.4, 0.5) is 0 Å². The molecular weight excluding hydrogens is 172 g/mol. The number of benzene rings is 1. The molecule has 0 saturated carbocycles. The van der Waals surface area contributed by atoms with Crippen molar-refractivity contribution in [3.05, 3.63) is 34.4 Å². The molecule has 0 spiro atoms. The van der Waals surface area contributed by atoms with Gasteiger partial charge in [-0.2, -0.15) is 0 Å². The molecule has 0 aromatic heterocycles. The van der Waals surface area contributed by atoms with E-state index in [1.54, 1.807) is 0 Å². The predicted octanol–water partition coefficient (Wildman–Crippen LogP) is 2.40. The van der Waals surface area contributed by atoms with E-state index in [4.69, 9.17) is 0 Å². The summed E-state index contributed by atoms with van der Waals surface area (Å²) in [6.45, 7) is 6.78. The molecule has 1 N–H and O–H groups in total. The van der Waals surface area contributed by atoms with Gasteiger partial charge < -0.3 is 5.11 Å². The molecule has 0 heterocycles. The molecule has 1 nitrogen and oxygen atoms in total. The van der Waals surface area contributed by atoms with E-state index in [-0.39, 0.29) is 5.41 Å². The lowest BCUT2D eigenvalue weighted by Gasteiger charge is -2.19. The van der Waals surface area contributed by atoms with Crippen LogP contribution < -0.4 is 0 Å². The van der Waals surface area contributed by atoms with Crippen LogP contribution in [0.5, 0.6) is 0 Å². The van der Waals surface area contributed by atoms with Gasteiger partial charge in [-0.1, -0.05) is 24.6 Å². The Kier molecular flexibility index (Phi) is 2.15. The zero-order valence-electron chi connectivity index (χ0n) is 9.22. The molecule has 1 aromatic rings. The average molecular weight is 190 g/mol. The Morgan fingerprint density at radius 2 is 2.00 bits per heavy atom. The van der Waals surface area contributed by atoms with Crippen molar-refractivity contribution in [1.29, 1.82) is 0 Å². The van der Waals surface area contributed by atoms with Gasteiger partial charge in [0.05, 0.1) is 0 Å². The summed E-state index contributed by atoms with van der Waals surface area (Å²) in [6, 6.07) is 4.51. The average Bonchev–Trinajstić information content (AvgIpc) is 2.43. The van der Waals surface area contributed by atoms with Gasteiger partial charge in [-0.05, 0) is 48.8 Å². The van der Waals surface area contributed by atoms with Crippen LogP contribution in [0.3, 0.4) is 0 Å². The molecule has 1 aliphatic carbocycles. The molecule has 0 saturated heterocycles. The molecule has 0 amide bonds. The lowest BCUT2D eigenvalue weighted by atomic mass is 9.88. The zero-order chi connectivity index (χ0) is 10.3. The Hall–Kier alpha value is -0.820. The van der Waals surface area contributed by atoms with Crippen molar-refractivity contribution in [3.63, 3.8) is 0 Å². The normalized spacial score (nSPS) is 25.1. The Labute approximate surface area is 85.8 Å². The van der Waals surface area contributed by atoms with E-state index in [1.807, 2.05) is 0 Å². The SMILES string of the molecule is Cc1cc(C)c2c(c1)C[C@@](C)(CO)C2. The summed E-state index contributed by atoms with van der Waals surface area (Å²) in [6.07, 6.45) is 2.06. The highest BCUT2D eigenvalue weighted by molar-refractivity contribution is 5.42.